The van der Waals surface area contributed by atoms with Gasteiger partial charge in [-0.3, -0.25) is 0 Å². The lowest BCUT2D eigenvalue weighted by atomic mass is 10.1. The fraction of sp³-hybridized carbons (Fsp3) is 1.00. The van der Waals surface area contributed by atoms with Crippen LogP contribution >= 0.6 is 0 Å². The average Bonchev–Trinajstić information content (AvgIpc) is 1.61. The van der Waals surface area contributed by atoms with Crippen molar-refractivity contribution in [3.8, 4) is 0 Å². The van der Waals surface area contributed by atoms with Crippen LogP contribution in [0.1, 0.15) is 33.6 Å². The zero-order chi connectivity index (χ0) is 6.57. The van der Waals surface area contributed by atoms with Crippen LogP contribution in [0.25, 0.3) is 0 Å². The minimum Gasteiger partial charge on any atom is -0.412 e. The molecule has 0 fully saturated rings. The molecule has 1 atom stereocenters. The molecule has 0 aromatic carbocycles. The molecule has 0 rings (SSSR count). The zero-order valence-electron chi connectivity index (χ0n) is 6.52. The lowest BCUT2D eigenvalue weighted by Crippen LogP contribution is -2.00. The molecule has 0 spiro atoms. The summed E-state index contributed by atoms with van der Waals surface area (Å²) in [5, 5.41) is 8.80. The Morgan fingerprint density at radius 2 is 1.56 bits per heavy atom. The van der Waals surface area contributed by atoms with Crippen LogP contribution in [0.5, 0.6) is 0 Å². The second-order valence-electron chi connectivity index (χ2n) is 2.82. The van der Waals surface area contributed by atoms with Crippen LogP contribution in [-0.2, 0) is 0 Å². The molecule has 58 valence electrons. The van der Waals surface area contributed by atoms with E-state index < -0.39 is 0 Å². The third kappa shape index (κ3) is 11.5. The van der Waals surface area contributed by atoms with Crippen molar-refractivity contribution >= 4 is 0 Å². The Bertz CT molecular complexity index is 42.9. The van der Waals surface area contributed by atoms with Crippen molar-refractivity contribution in [2.75, 3.05) is 0 Å². The molecular weight excluding hydrogens is 116 g/mol. The second-order valence-corrected chi connectivity index (χ2v) is 2.82. The summed E-state index contributed by atoms with van der Waals surface area (Å²) >= 11 is 0. The minimum absolute atomic E-state index is 0. The molecule has 2 heteroatoms. The monoisotopic (exact) mass is 134 g/mol. The van der Waals surface area contributed by atoms with Crippen molar-refractivity contribution in [2.24, 2.45) is 5.92 Å². The minimum atomic E-state index is -0.114. The maximum absolute atomic E-state index is 8.80. The third-order valence-electron chi connectivity index (χ3n) is 1.16. The van der Waals surface area contributed by atoms with Gasteiger partial charge in [-0.05, 0) is 25.7 Å². The van der Waals surface area contributed by atoms with Gasteiger partial charge in [0.1, 0.15) is 0 Å². The first-order chi connectivity index (χ1) is 3.63. The lowest BCUT2D eigenvalue weighted by Gasteiger charge is -2.04. The summed E-state index contributed by atoms with van der Waals surface area (Å²) in [6.07, 6.45) is 1.97. The molecule has 1 unspecified atom stereocenters. The smallest absolute Gasteiger partial charge is 0.0512 e. The summed E-state index contributed by atoms with van der Waals surface area (Å²) in [7, 11) is 0. The Labute approximate surface area is 57.2 Å². The molecule has 0 bridgehead atoms. The van der Waals surface area contributed by atoms with Gasteiger partial charge >= 0.3 is 0 Å². The molecule has 0 radical (unpaired) electrons. The van der Waals surface area contributed by atoms with Gasteiger partial charge < -0.3 is 10.6 Å². The first kappa shape index (κ1) is 11.7. The number of hydrogen-bond donors (Lipinski definition) is 1. The highest BCUT2D eigenvalue weighted by Gasteiger charge is 1.96. The zero-order valence-corrected chi connectivity index (χ0v) is 6.52. The topological polar surface area (TPSA) is 51.7 Å². The van der Waals surface area contributed by atoms with Gasteiger partial charge in [0.2, 0.25) is 0 Å². The van der Waals surface area contributed by atoms with Gasteiger partial charge in [0.25, 0.3) is 0 Å². The van der Waals surface area contributed by atoms with E-state index in [-0.39, 0.29) is 11.6 Å². The standard InChI is InChI=1S/C7H16O.H2O/c1-6(2)4-5-7(3)8;/h6-8H,4-5H2,1-3H3;1H2. The van der Waals surface area contributed by atoms with Crippen LogP contribution in [0, 0.1) is 5.92 Å². The molecule has 9 heavy (non-hydrogen) atoms. The number of aliphatic hydroxyl groups is 1. The summed E-state index contributed by atoms with van der Waals surface area (Å²) in [6, 6.07) is 0. The summed E-state index contributed by atoms with van der Waals surface area (Å²) < 4.78 is 0. The van der Waals surface area contributed by atoms with Crippen molar-refractivity contribution in [1.29, 1.82) is 0 Å². The summed E-state index contributed by atoms with van der Waals surface area (Å²) in [5.41, 5.74) is 0. The Morgan fingerprint density at radius 1 is 1.11 bits per heavy atom. The van der Waals surface area contributed by atoms with Crippen molar-refractivity contribution in [1.82, 2.24) is 0 Å². The summed E-state index contributed by atoms with van der Waals surface area (Å²) in [4.78, 5) is 0. The van der Waals surface area contributed by atoms with Crippen LogP contribution < -0.4 is 0 Å². The van der Waals surface area contributed by atoms with Gasteiger partial charge in [-0.25, -0.2) is 0 Å². The van der Waals surface area contributed by atoms with Crippen LogP contribution in [0.2, 0.25) is 0 Å². The van der Waals surface area contributed by atoms with Gasteiger partial charge in [0.05, 0.1) is 6.10 Å². The predicted molar refractivity (Wildman–Crippen MR) is 39.4 cm³/mol. The van der Waals surface area contributed by atoms with E-state index in [0.717, 1.165) is 18.8 Å². The molecule has 0 aliphatic carbocycles. The van der Waals surface area contributed by atoms with Crippen LogP contribution in [-0.4, -0.2) is 16.7 Å². The van der Waals surface area contributed by atoms with E-state index in [4.69, 9.17) is 5.11 Å². The molecule has 0 amide bonds. The maximum Gasteiger partial charge on any atom is 0.0512 e. The van der Waals surface area contributed by atoms with Crippen LogP contribution in [0.3, 0.4) is 0 Å². The van der Waals surface area contributed by atoms with E-state index in [0.29, 0.717) is 0 Å². The molecular formula is C7H18O2. The quantitative estimate of drug-likeness (QED) is 0.614. The molecule has 0 heterocycles. The molecule has 3 N–H and O–H groups in total. The van der Waals surface area contributed by atoms with Crippen molar-refractivity contribution in [3.63, 3.8) is 0 Å². The average molecular weight is 134 g/mol. The second kappa shape index (κ2) is 6.05. The SMILES string of the molecule is CC(C)CCC(C)O.O. The Morgan fingerprint density at radius 3 is 1.67 bits per heavy atom. The molecule has 0 aliphatic rings. The fourth-order valence-electron chi connectivity index (χ4n) is 0.575. The predicted octanol–water partition coefficient (Wildman–Crippen LogP) is 0.979. The highest BCUT2D eigenvalue weighted by molar-refractivity contribution is 4.49. The Hall–Kier alpha value is -0.0800. The van der Waals surface area contributed by atoms with Gasteiger partial charge in [-0.1, -0.05) is 13.8 Å². The maximum atomic E-state index is 8.80. The van der Waals surface area contributed by atoms with Crippen molar-refractivity contribution in [3.05, 3.63) is 0 Å². The van der Waals surface area contributed by atoms with E-state index in [2.05, 4.69) is 13.8 Å². The largest absolute Gasteiger partial charge is 0.412 e. The van der Waals surface area contributed by atoms with E-state index in [1.165, 1.54) is 0 Å². The van der Waals surface area contributed by atoms with E-state index in [1.807, 2.05) is 6.92 Å². The molecule has 0 saturated carbocycles. The van der Waals surface area contributed by atoms with Gasteiger partial charge in [-0.2, -0.15) is 0 Å². The highest BCUT2D eigenvalue weighted by Crippen LogP contribution is 2.05. The highest BCUT2D eigenvalue weighted by atomic mass is 16.3. The number of rotatable bonds is 3. The number of hydrogen-bond acceptors (Lipinski definition) is 1. The van der Waals surface area contributed by atoms with Gasteiger partial charge in [-0.15, -0.1) is 0 Å². The first-order valence-corrected chi connectivity index (χ1v) is 3.31. The Kier molecular flexibility index (Phi) is 7.85. The summed E-state index contributed by atoms with van der Waals surface area (Å²) in [6.45, 7) is 6.17. The molecule has 0 saturated heterocycles. The van der Waals surface area contributed by atoms with Crippen molar-refractivity contribution < 1.29 is 10.6 Å². The number of aliphatic hydroxyl groups excluding tert-OH is 1. The molecule has 2 nitrogen and oxygen atoms in total. The first-order valence-electron chi connectivity index (χ1n) is 3.31. The van der Waals surface area contributed by atoms with E-state index >= 15 is 0 Å². The van der Waals surface area contributed by atoms with Crippen LogP contribution in [0.4, 0.5) is 0 Å². The Balaban J connectivity index is 0. The molecule has 0 aromatic heterocycles. The van der Waals surface area contributed by atoms with E-state index in [9.17, 15) is 0 Å². The lowest BCUT2D eigenvalue weighted by molar-refractivity contribution is 0.176. The normalized spacial score (nSPS) is 13.0. The van der Waals surface area contributed by atoms with Gasteiger partial charge in [0, 0.05) is 0 Å². The molecule has 0 aromatic rings. The van der Waals surface area contributed by atoms with Gasteiger partial charge in [0.15, 0.2) is 0 Å². The van der Waals surface area contributed by atoms with Crippen molar-refractivity contribution in [2.45, 2.75) is 39.7 Å². The third-order valence-corrected chi connectivity index (χ3v) is 1.16. The fourth-order valence-corrected chi connectivity index (χ4v) is 0.575. The molecule has 0 aliphatic heterocycles. The van der Waals surface area contributed by atoms with Crippen LogP contribution in [0.15, 0.2) is 0 Å². The van der Waals surface area contributed by atoms with E-state index in [1.54, 1.807) is 0 Å². The summed E-state index contributed by atoms with van der Waals surface area (Å²) in [5.74, 6) is 0.726.